The van der Waals surface area contributed by atoms with Crippen LogP contribution in [0.1, 0.15) is 117 Å². The second kappa shape index (κ2) is 43.3. The topological polar surface area (TPSA) is 191 Å². The van der Waals surface area contributed by atoms with Gasteiger partial charge < -0.3 is 33.7 Å². The number of aromatic nitrogens is 5. The molecule has 5 heterocycles. The number of para-hydroxylation sites is 5. The van der Waals surface area contributed by atoms with Crippen molar-refractivity contribution in [2.45, 2.75) is 98.8 Å². The van der Waals surface area contributed by atoms with Gasteiger partial charge in [-0.05, 0) is 207 Å². The monoisotopic (exact) mass is 2010 g/mol. The van der Waals surface area contributed by atoms with E-state index in [4.69, 9.17) is 27.1 Å². The van der Waals surface area contributed by atoms with Gasteiger partial charge in [-0.3, -0.25) is 0 Å². The van der Waals surface area contributed by atoms with Gasteiger partial charge in [0.05, 0.1) is 74.4 Å². The summed E-state index contributed by atoms with van der Waals surface area (Å²) in [6, 6.07) is 125. The predicted molar refractivity (Wildman–Crippen MR) is 574 cm³/mol. The summed E-state index contributed by atoms with van der Waals surface area (Å²) in [5.74, 6) is -4.74. The molecule has 0 spiro atoms. The molecule has 17 aromatic carbocycles. The number of aromatic amines is 2. The Morgan fingerprint density at radius 3 is 0.887 bits per heavy atom. The van der Waals surface area contributed by atoms with Crippen LogP contribution < -0.4 is 5.46 Å². The van der Waals surface area contributed by atoms with Crippen LogP contribution in [0.2, 0.25) is 0 Å². The van der Waals surface area contributed by atoms with Crippen LogP contribution in [0.5, 0.6) is 0 Å². The number of fused-ring (bicyclic) bond motifs is 15. The summed E-state index contributed by atoms with van der Waals surface area (Å²) >= 11 is 3.49. The average molecular weight is 2010 g/mol. The Hall–Kier alpha value is -16.4. The number of aryl methyl sites for hydroxylation is 5. The molecule has 13 nitrogen and oxygen atoms in total. The van der Waals surface area contributed by atoms with Crippen molar-refractivity contribution < 1.29 is 43.6 Å². The van der Waals surface area contributed by atoms with E-state index >= 15 is 0 Å². The zero-order valence-corrected chi connectivity index (χ0v) is 81.8. The fraction of sp³-hybridized carbons (Fsp3) is 0.122. The van der Waals surface area contributed by atoms with Gasteiger partial charge >= 0.3 is 7.12 Å². The quantitative estimate of drug-likeness (QED) is 0.0488. The van der Waals surface area contributed by atoms with Gasteiger partial charge in [0.25, 0.3) is 5.69 Å². The maximum atomic E-state index is 13.1. The number of halogens is 4. The molecule has 0 saturated heterocycles. The third-order valence-electron chi connectivity index (χ3n) is 26.1. The van der Waals surface area contributed by atoms with Crippen LogP contribution in [-0.2, 0) is 52.5 Å². The molecule has 0 aliphatic heterocycles. The van der Waals surface area contributed by atoms with Gasteiger partial charge in [0, 0.05) is 101 Å². The van der Waals surface area contributed by atoms with Gasteiger partial charge in [-0.2, -0.15) is 21.0 Å². The fourth-order valence-electron chi connectivity index (χ4n) is 19.4. The van der Waals surface area contributed by atoms with E-state index in [1.165, 1.54) is 89.0 Å². The predicted octanol–water partition coefficient (Wildman–Crippen LogP) is 31.9. The van der Waals surface area contributed by atoms with Crippen molar-refractivity contribution in [3.05, 3.63) is 428 Å². The van der Waals surface area contributed by atoms with Crippen molar-refractivity contribution in [3.63, 3.8) is 0 Å². The van der Waals surface area contributed by atoms with Gasteiger partial charge in [0.15, 0.2) is 17.5 Å². The molecule has 0 fully saturated rings. The summed E-state index contributed by atoms with van der Waals surface area (Å²) in [5.41, 5.74) is 24.6. The molecule has 19 heteroatoms. The van der Waals surface area contributed by atoms with Crippen LogP contribution in [0, 0.1) is 75.9 Å². The summed E-state index contributed by atoms with van der Waals surface area (Å²) in [4.78, 5) is 13.8. The molecule has 4 N–H and O–H groups in total. The van der Waals surface area contributed by atoms with Crippen LogP contribution >= 0.6 is 15.9 Å². The first-order chi connectivity index (χ1) is 68.9. The molecule has 0 amide bonds. The number of nitrogens with one attached hydrogen (secondary N) is 2. The van der Waals surface area contributed by atoms with Crippen molar-refractivity contribution in [1.29, 1.82) is 21.0 Å². The largest absolute Gasteiger partial charge is 0.488 e. The van der Waals surface area contributed by atoms with Gasteiger partial charge in [-0.1, -0.05) is 319 Å². The van der Waals surface area contributed by atoms with Crippen molar-refractivity contribution in [2.24, 2.45) is 0 Å². The Morgan fingerprint density at radius 2 is 0.563 bits per heavy atom. The van der Waals surface area contributed by atoms with Crippen LogP contribution in [0.4, 0.5) is 24.5 Å². The number of hydrogen-bond acceptors (Lipinski definition) is 6. The maximum Gasteiger partial charge on any atom is 0.488 e. The smallest absolute Gasteiger partial charge is 0.423 e. The van der Waals surface area contributed by atoms with E-state index in [-0.39, 0.29) is 37.2 Å². The first kappa shape index (κ1) is 97.2. The number of benzene rings is 17. The Labute approximate surface area is 844 Å². The minimum Gasteiger partial charge on any atom is -0.423 e. The average Bonchev–Trinajstić information content (AvgIpc) is 1.51. The van der Waals surface area contributed by atoms with E-state index in [0.29, 0.717) is 22.5 Å². The molecule has 0 aliphatic carbocycles. The zero-order chi connectivity index (χ0) is 98.1. The number of hydrogen-bond donors (Lipinski definition) is 4. The standard InChI is InChI=1S/C72H54N6.C21H19N.C12H8BrN.C9H13BO2.C9F3N3.Pd/c1-5-14-46-23-29-49(30-24-46)52-35-38-66-58(41-52)55-17-8-11-20-63(55)76(66)70-61(44-73)71(77-64-21-12-9-18-56(64)59-42-53(36-39-67(59)77)50-31-25-47(15-6-2)26-32-50)69(75-4)72(62(70)45-74)78-65-22-13-10-19-57(65)60-43-54(37-40-68(60)78)51-33-27-48(16-7-3)28-34-51;1-2-5-15-8-10-16(11-9-15)17-12-13-21-19(14-17)18-6-3-4-7-20(18)22-21;13-8-5-6-12-10(7-8)9-3-1-2-4-11(9)14-12;1-2-3-8-4-6-9(7-5-8)10(11)12;1-15-9-7(11)4(2-13)6(10)5(3-14)8(9)12;/h8-13,17-43H,5-7,14-16H2,1-3H3;3-4,6-14,22H,2,5H2,1H3;1-7,14H;4-7,11-12H,2-3H2,1H3;;. The molecule has 5 aromatic heterocycles. The number of rotatable bonds is 18. The molecule has 22 rings (SSSR count). The minimum absolute atomic E-state index is 0. The van der Waals surface area contributed by atoms with E-state index in [1.54, 1.807) is 12.1 Å². The van der Waals surface area contributed by atoms with E-state index in [0.717, 1.165) is 173 Å². The normalized spacial score (nSPS) is 11.0. The third kappa shape index (κ3) is 19.0. The second-order valence-electron chi connectivity index (χ2n) is 35.1. The van der Waals surface area contributed by atoms with Crippen LogP contribution in [-0.4, -0.2) is 40.8 Å². The maximum absolute atomic E-state index is 13.1. The molecule has 0 aliphatic rings. The summed E-state index contributed by atoms with van der Waals surface area (Å²) < 4.78 is 46.7. The van der Waals surface area contributed by atoms with Gasteiger partial charge in [0.1, 0.15) is 35.4 Å². The van der Waals surface area contributed by atoms with Crippen LogP contribution in [0.3, 0.4) is 0 Å². The van der Waals surface area contributed by atoms with Crippen molar-refractivity contribution >= 4 is 149 Å². The Bertz CT molecular complexity index is 8250. The summed E-state index contributed by atoms with van der Waals surface area (Å²) in [6.07, 6.45) is 10.8. The molecule has 0 unspecified atom stereocenters. The van der Waals surface area contributed by atoms with Crippen molar-refractivity contribution in [1.82, 2.24) is 23.7 Å². The summed E-state index contributed by atoms with van der Waals surface area (Å²) in [7, 11) is -1.35. The molecule has 142 heavy (non-hydrogen) atoms. The second-order valence-corrected chi connectivity index (χ2v) is 36.0. The Balaban J connectivity index is 0.000000171. The Morgan fingerprint density at radius 1 is 0.296 bits per heavy atom. The first-order valence-electron chi connectivity index (χ1n) is 47.3. The number of nitrogens with zero attached hydrogens (tertiary/aromatic N) is 9. The molecule has 0 saturated carbocycles. The fourth-order valence-corrected chi connectivity index (χ4v) is 19.8. The molecular weight excluding hydrogens is 1920 g/mol. The van der Waals surface area contributed by atoms with E-state index in [2.05, 4.69) is 363 Å². The zero-order valence-electron chi connectivity index (χ0n) is 78.7. The molecule has 22 aromatic rings. The van der Waals surface area contributed by atoms with E-state index in [1.807, 2.05) is 54.6 Å². The van der Waals surface area contributed by atoms with Crippen molar-refractivity contribution in [3.8, 4) is 85.8 Å². The van der Waals surface area contributed by atoms with Gasteiger partial charge in [-0.15, -0.1) is 0 Å². The molecule has 0 radical (unpaired) electrons. The van der Waals surface area contributed by atoms with Crippen LogP contribution in [0.25, 0.3) is 180 Å². The SMILES string of the molecule is Brc1ccc2[nH]c3ccccc3c2c1.CCCc1ccc(-c2ccc3[nH]c4ccccc4c3c2)cc1.CCCc1ccc(B(O)O)cc1.[C-]#[N+]c1c(-n2c3ccccc3c3cc(-c4ccc(CCC)cc4)ccc32)c(C#N)c(-n2c3ccccc3c3cc(-c4ccc(CCC)cc4)ccc32)c(C#N)c1-n1c2ccccc2c2cc(-c3ccc(CCC)cc3)ccc21.[C-]#[N+]c1c(F)c(C#N)c(F)c(C#N)c1F.[Pd]. The van der Waals surface area contributed by atoms with Gasteiger partial charge in [0.2, 0.25) is 5.69 Å². The van der Waals surface area contributed by atoms with Crippen LogP contribution in [0.15, 0.2) is 338 Å². The van der Waals surface area contributed by atoms with Crippen molar-refractivity contribution in [2.75, 3.05) is 0 Å². The minimum atomic E-state index is -1.58. The molecule has 0 atom stereocenters. The molecule has 694 valence electrons. The number of H-pyrrole nitrogens is 2. The molecule has 0 bridgehead atoms. The van der Waals surface area contributed by atoms with E-state index < -0.39 is 41.4 Å². The first-order valence-corrected chi connectivity index (χ1v) is 48.1. The Kier molecular flexibility index (Phi) is 29.7. The summed E-state index contributed by atoms with van der Waals surface area (Å²) in [6.45, 7) is 26.8. The van der Waals surface area contributed by atoms with Gasteiger partial charge in [-0.25, -0.2) is 22.9 Å². The third-order valence-corrected chi connectivity index (χ3v) is 26.6. The molecular formula is C123H94BBrF3N11O2Pd. The summed E-state index contributed by atoms with van der Waals surface area (Å²) in [5, 5.41) is 69.6. The van der Waals surface area contributed by atoms with E-state index in [9.17, 15) is 30.3 Å². The number of nitriles is 4.